The number of hydrogen-bond acceptors (Lipinski definition) is 6. The van der Waals surface area contributed by atoms with Crippen molar-refractivity contribution in [2.75, 3.05) is 52.3 Å². The first-order valence-corrected chi connectivity index (χ1v) is 10.9. The lowest BCUT2D eigenvalue weighted by Gasteiger charge is -2.32. The van der Waals surface area contributed by atoms with Crippen LogP contribution in [0.3, 0.4) is 0 Å². The third kappa shape index (κ3) is 5.36. The van der Waals surface area contributed by atoms with Gasteiger partial charge in [-0.05, 0) is 55.9 Å². The summed E-state index contributed by atoms with van der Waals surface area (Å²) in [6.45, 7) is 3.17. The standard InChI is InChI=1S/C25H33N5O2/c1-28(2)14-15-29-12-5-13-30(22-10-8-19(9-11-22)21(17-26)18-27)25(31)24(29)20-6-4-7-23(16-20)32-3/h4,6-11,16-18,24,26H,5,12-15,27H2,1-3H3/b21-18+,26-17?. The number of amides is 1. The molecule has 7 nitrogen and oxygen atoms in total. The highest BCUT2D eigenvalue weighted by atomic mass is 16.5. The first-order chi connectivity index (χ1) is 15.5. The number of nitrogens with one attached hydrogen (secondary N) is 1. The van der Waals surface area contributed by atoms with Crippen LogP contribution in [0, 0.1) is 5.41 Å². The molecular weight excluding hydrogens is 402 g/mol. The predicted octanol–water partition coefficient (Wildman–Crippen LogP) is 2.99. The summed E-state index contributed by atoms with van der Waals surface area (Å²) in [7, 11) is 5.74. The van der Waals surface area contributed by atoms with Gasteiger partial charge in [0.25, 0.3) is 0 Å². The number of nitrogens with two attached hydrogens (primary N) is 1. The van der Waals surface area contributed by atoms with Crippen molar-refractivity contribution in [3.05, 3.63) is 65.9 Å². The number of methoxy groups -OCH3 is 1. The number of likely N-dealkylation sites (N-methyl/N-ethyl adjacent to an activating group) is 1. The third-order valence-corrected chi connectivity index (χ3v) is 5.78. The van der Waals surface area contributed by atoms with Crippen molar-refractivity contribution in [3.8, 4) is 5.75 Å². The van der Waals surface area contributed by atoms with E-state index in [0.29, 0.717) is 12.1 Å². The number of hydrogen-bond donors (Lipinski definition) is 2. The summed E-state index contributed by atoms with van der Waals surface area (Å²) < 4.78 is 5.43. The van der Waals surface area contributed by atoms with Crippen LogP contribution < -0.4 is 15.4 Å². The predicted molar refractivity (Wildman–Crippen MR) is 130 cm³/mol. The normalized spacial score (nSPS) is 18.0. The summed E-state index contributed by atoms with van der Waals surface area (Å²) in [4.78, 5) is 20.2. The number of carbonyl (C=O) groups is 1. The van der Waals surface area contributed by atoms with E-state index < -0.39 is 0 Å². The fourth-order valence-corrected chi connectivity index (χ4v) is 4.03. The van der Waals surface area contributed by atoms with Gasteiger partial charge in [0.1, 0.15) is 11.8 Å². The summed E-state index contributed by atoms with van der Waals surface area (Å²) in [5, 5.41) is 7.50. The van der Waals surface area contributed by atoms with E-state index in [4.69, 9.17) is 15.9 Å². The highest BCUT2D eigenvalue weighted by Gasteiger charge is 2.34. The van der Waals surface area contributed by atoms with Crippen molar-refractivity contribution in [3.63, 3.8) is 0 Å². The molecule has 0 bridgehead atoms. The molecule has 0 spiro atoms. The number of anilines is 1. The molecule has 2 aromatic carbocycles. The van der Waals surface area contributed by atoms with Crippen LogP contribution in [-0.2, 0) is 4.79 Å². The van der Waals surface area contributed by atoms with Gasteiger partial charge in [-0.3, -0.25) is 9.69 Å². The van der Waals surface area contributed by atoms with Gasteiger partial charge in [-0.1, -0.05) is 24.3 Å². The van der Waals surface area contributed by atoms with Crippen molar-refractivity contribution >= 4 is 23.4 Å². The van der Waals surface area contributed by atoms with Crippen molar-refractivity contribution in [2.24, 2.45) is 5.73 Å². The topological polar surface area (TPSA) is 85.9 Å². The summed E-state index contributed by atoms with van der Waals surface area (Å²) in [5.74, 6) is 0.805. The fourth-order valence-electron chi connectivity index (χ4n) is 4.03. The zero-order valence-electron chi connectivity index (χ0n) is 19.1. The second kappa shape index (κ2) is 10.9. The van der Waals surface area contributed by atoms with Crippen molar-refractivity contribution in [2.45, 2.75) is 12.5 Å². The van der Waals surface area contributed by atoms with Crippen molar-refractivity contribution < 1.29 is 9.53 Å². The number of benzene rings is 2. The number of rotatable bonds is 8. The first-order valence-electron chi connectivity index (χ1n) is 10.9. The van der Waals surface area contributed by atoms with Crippen LogP contribution >= 0.6 is 0 Å². The lowest BCUT2D eigenvalue weighted by atomic mass is 10.0. The van der Waals surface area contributed by atoms with Gasteiger partial charge in [0.05, 0.1) is 7.11 Å². The molecule has 0 saturated carbocycles. The minimum atomic E-state index is -0.381. The Morgan fingerprint density at radius 3 is 2.59 bits per heavy atom. The summed E-state index contributed by atoms with van der Waals surface area (Å²) >= 11 is 0. The monoisotopic (exact) mass is 435 g/mol. The molecule has 32 heavy (non-hydrogen) atoms. The van der Waals surface area contributed by atoms with E-state index in [0.717, 1.165) is 48.6 Å². The maximum atomic E-state index is 13.9. The van der Waals surface area contributed by atoms with Gasteiger partial charge >= 0.3 is 0 Å². The van der Waals surface area contributed by atoms with E-state index in [1.807, 2.05) is 67.5 Å². The molecule has 0 radical (unpaired) electrons. The molecule has 2 aromatic rings. The van der Waals surface area contributed by atoms with Crippen LogP contribution in [0.25, 0.3) is 5.57 Å². The Kier molecular flexibility index (Phi) is 8.03. The summed E-state index contributed by atoms with van der Waals surface area (Å²) in [6.07, 6.45) is 3.53. The summed E-state index contributed by atoms with van der Waals surface area (Å²) in [5.41, 5.74) is 8.90. The molecule has 0 aromatic heterocycles. The van der Waals surface area contributed by atoms with E-state index in [-0.39, 0.29) is 11.9 Å². The van der Waals surface area contributed by atoms with E-state index >= 15 is 0 Å². The molecular formula is C25H33N5O2. The first kappa shape index (κ1) is 23.5. The van der Waals surface area contributed by atoms with Crippen LogP contribution in [0.4, 0.5) is 5.69 Å². The lowest BCUT2D eigenvalue weighted by molar-refractivity contribution is -0.123. The number of carbonyl (C=O) groups excluding carboxylic acids is 1. The molecule has 3 N–H and O–H groups in total. The van der Waals surface area contributed by atoms with E-state index in [1.165, 1.54) is 12.4 Å². The molecule has 1 aliphatic heterocycles. The van der Waals surface area contributed by atoms with Gasteiger partial charge in [0, 0.05) is 49.9 Å². The minimum Gasteiger partial charge on any atom is -0.497 e. The summed E-state index contributed by atoms with van der Waals surface area (Å²) in [6, 6.07) is 15.1. The largest absolute Gasteiger partial charge is 0.497 e. The van der Waals surface area contributed by atoms with E-state index in [1.54, 1.807) is 7.11 Å². The second-order valence-corrected chi connectivity index (χ2v) is 8.18. The Bertz CT molecular complexity index is 955. The number of allylic oxidation sites excluding steroid dienone is 1. The smallest absolute Gasteiger partial charge is 0.248 e. The molecule has 1 heterocycles. The lowest BCUT2D eigenvalue weighted by Crippen LogP contribution is -2.42. The Labute approximate surface area is 190 Å². The maximum absolute atomic E-state index is 13.9. The fraction of sp³-hybridized carbons (Fsp3) is 0.360. The molecule has 3 rings (SSSR count). The van der Waals surface area contributed by atoms with Crippen molar-refractivity contribution in [1.29, 1.82) is 5.41 Å². The second-order valence-electron chi connectivity index (χ2n) is 8.18. The zero-order chi connectivity index (χ0) is 23.1. The highest BCUT2D eigenvalue weighted by molar-refractivity contribution is 6.08. The Hall–Kier alpha value is -3.16. The average molecular weight is 436 g/mol. The van der Waals surface area contributed by atoms with E-state index in [2.05, 4.69) is 9.80 Å². The molecule has 1 aliphatic rings. The highest BCUT2D eigenvalue weighted by Crippen LogP contribution is 2.31. The molecule has 1 amide bonds. The van der Waals surface area contributed by atoms with Crippen molar-refractivity contribution in [1.82, 2.24) is 9.80 Å². The third-order valence-electron chi connectivity index (χ3n) is 5.78. The van der Waals surface area contributed by atoms with Crippen LogP contribution in [0.2, 0.25) is 0 Å². The molecule has 1 fully saturated rings. The Balaban J connectivity index is 1.96. The van der Waals surface area contributed by atoms with Gasteiger partial charge in [0.2, 0.25) is 5.91 Å². The molecule has 1 atom stereocenters. The molecule has 1 saturated heterocycles. The molecule has 1 unspecified atom stereocenters. The molecule has 7 heteroatoms. The van der Waals surface area contributed by atoms with E-state index in [9.17, 15) is 4.79 Å². The zero-order valence-corrected chi connectivity index (χ0v) is 19.1. The Morgan fingerprint density at radius 2 is 1.97 bits per heavy atom. The van der Waals surface area contributed by atoms with Crippen LogP contribution in [-0.4, -0.2) is 69.3 Å². The van der Waals surface area contributed by atoms with Crippen LogP contribution in [0.15, 0.2) is 54.7 Å². The maximum Gasteiger partial charge on any atom is 0.248 e. The molecule has 170 valence electrons. The SMILES string of the molecule is COc1cccc(C2C(=O)N(c3ccc(/C(C=N)=C/N)cc3)CCCN2CCN(C)C)c1. The van der Waals surface area contributed by atoms with Gasteiger partial charge in [-0.2, -0.15) is 0 Å². The quantitative estimate of drug-likeness (QED) is 0.623. The number of ether oxygens (including phenoxy) is 1. The molecule has 0 aliphatic carbocycles. The van der Waals surface area contributed by atoms with Gasteiger partial charge < -0.3 is 25.7 Å². The van der Waals surface area contributed by atoms with Gasteiger partial charge in [-0.25, -0.2) is 0 Å². The Morgan fingerprint density at radius 1 is 1.22 bits per heavy atom. The number of nitrogens with zero attached hydrogens (tertiary/aromatic N) is 3. The minimum absolute atomic E-state index is 0.0592. The van der Waals surface area contributed by atoms with Gasteiger partial charge in [0.15, 0.2) is 0 Å². The van der Waals surface area contributed by atoms with Gasteiger partial charge in [-0.15, -0.1) is 0 Å². The van der Waals surface area contributed by atoms with Crippen LogP contribution in [0.1, 0.15) is 23.6 Å². The average Bonchev–Trinajstić information content (AvgIpc) is 2.97. The van der Waals surface area contributed by atoms with Crippen LogP contribution in [0.5, 0.6) is 5.75 Å².